The first-order valence-electron chi connectivity index (χ1n) is 13.1. The molecule has 4 atom stereocenters. The molecule has 0 radical (unpaired) electrons. The fraction of sp³-hybridized carbons (Fsp3) is 0.667. The lowest BCUT2D eigenvalue weighted by Gasteiger charge is -2.44. The fourth-order valence-electron chi connectivity index (χ4n) is 7.31. The maximum atomic E-state index is 14.1. The van der Waals surface area contributed by atoms with Crippen LogP contribution in [0.15, 0.2) is 24.3 Å². The van der Waals surface area contributed by atoms with Gasteiger partial charge in [0.05, 0.1) is 18.1 Å². The number of fused-ring (bicyclic) bond motifs is 4. The zero-order chi connectivity index (χ0) is 23.6. The molecule has 0 unspecified atom stereocenters. The maximum absolute atomic E-state index is 14.1. The Hall–Kier alpha value is -2.41. The van der Waals surface area contributed by atoms with Crippen molar-refractivity contribution in [2.24, 2.45) is 11.8 Å². The number of carbonyl (C=O) groups is 3. The van der Waals surface area contributed by atoms with Gasteiger partial charge < -0.3 is 19.4 Å². The van der Waals surface area contributed by atoms with Gasteiger partial charge in [-0.3, -0.25) is 14.4 Å². The van der Waals surface area contributed by atoms with Crippen LogP contribution in [-0.2, 0) is 20.9 Å². The van der Waals surface area contributed by atoms with E-state index in [9.17, 15) is 14.4 Å². The van der Waals surface area contributed by atoms with Gasteiger partial charge in [0.15, 0.2) is 0 Å². The van der Waals surface area contributed by atoms with Crippen molar-refractivity contribution >= 4 is 17.7 Å². The highest BCUT2D eigenvalue weighted by molar-refractivity contribution is 6.01. The number of piperidine rings is 1. The van der Waals surface area contributed by atoms with E-state index in [0.29, 0.717) is 43.8 Å². The molecule has 1 aromatic carbocycles. The highest BCUT2D eigenvalue weighted by Gasteiger charge is 2.51. The largest absolute Gasteiger partial charge is 0.376 e. The summed E-state index contributed by atoms with van der Waals surface area (Å²) < 4.78 is 6.04. The molecule has 0 spiro atoms. The minimum atomic E-state index is -0.544. The van der Waals surface area contributed by atoms with Crippen molar-refractivity contribution in [3.05, 3.63) is 35.4 Å². The van der Waals surface area contributed by atoms with Crippen LogP contribution in [0.5, 0.6) is 0 Å². The van der Waals surface area contributed by atoms with Gasteiger partial charge in [-0.2, -0.15) is 0 Å². The minimum Gasteiger partial charge on any atom is -0.376 e. The van der Waals surface area contributed by atoms with Gasteiger partial charge in [-0.1, -0.05) is 32.0 Å². The molecule has 0 saturated carbocycles. The number of hydrogen-bond donors (Lipinski definition) is 0. The van der Waals surface area contributed by atoms with E-state index in [1.807, 2.05) is 43.0 Å². The predicted molar refractivity (Wildman–Crippen MR) is 126 cm³/mol. The Balaban J connectivity index is 1.26. The minimum absolute atomic E-state index is 0.00631. The van der Waals surface area contributed by atoms with Crippen molar-refractivity contribution in [2.75, 3.05) is 13.2 Å². The van der Waals surface area contributed by atoms with E-state index in [2.05, 4.69) is 4.90 Å². The third-order valence-corrected chi connectivity index (χ3v) is 8.92. The summed E-state index contributed by atoms with van der Waals surface area (Å²) >= 11 is 0. The number of rotatable bonds is 4. The number of nitrogens with zero attached hydrogens (tertiary/aromatic N) is 3. The molecule has 1 aromatic rings. The monoisotopic (exact) mass is 465 g/mol. The van der Waals surface area contributed by atoms with Gasteiger partial charge in [-0.05, 0) is 56.1 Å². The molecule has 5 heterocycles. The van der Waals surface area contributed by atoms with Crippen LogP contribution in [0.4, 0.5) is 0 Å². The zero-order valence-electron chi connectivity index (χ0n) is 20.2. The summed E-state index contributed by atoms with van der Waals surface area (Å²) in [5.74, 6) is -0.137. The molecule has 34 heavy (non-hydrogen) atoms. The zero-order valence-corrected chi connectivity index (χ0v) is 20.2. The molecule has 0 aliphatic carbocycles. The van der Waals surface area contributed by atoms with E-state index in [-0.39, 0.29) is 41.7 Å². The number of likely N-dealkylation sites (tertiary alicyclic amines) is 1. The van der Waals surface area contributed by atoms with Gasteiger partial charge in [0.2, 0.25) is 11.8 Å². The SMILES string of the molecule is CC(C)[C@H](C(=O)N1C[C@H](C(=O)N2C3CCC2CC3)C[C@H]2OCC[C@@H]21)N1Cc2ccccc2C1=O. The van der Waals surface area contributed by atoms with Crippen molar-refractivity contribution in [1.29, 1.82) is 0 Å². The van der Waals surface area contributed by atoms with Crippen LogP contribution in [0.3, 0.4) is 0 Å². The third-order valence-electron chi connectivity index (χ3n) is 8.92. The second kappa shape index (κ2) is 8.36. The first-order valence-corrected chi connectivity index (χ1v) is 13.1. The van der Waals surface area contributed by atoms with Crippen LogP contribution >= 0.6 is 0 Å². The number of ether oxygens (including phenoxy) is 1. The molecule has 4 saturated heterocycles. The Kier molecular flexibility index (Phi) is 5.43. The number of benzene rings is 1. The Morgan fingerprint density at radius 3 is 2.41 bits per heavy atom. The molecule has 5 aliphatic heterocycles. The van der Waals surface area contributed by atoms with Gasteiger partial charge in [-0.15, -0.1) is 0 Å². The first-order chi connectivity index (χ1) is 16.4. The van der Waals surface area contributed by atoms with Crippen LogP contribution in [0.1, 0.15) is 68.3 Å². The Morgan fingerprint density at radius 2 is 1.74 bits per heavy atom. The lowest BCUT2D eigenvalue weighted by molar-refractivity contribution is -0.151. The Labute approximate surface area is 201 Å². The molecule has 0 N–H and O–H groups in total. The topological polar surface area (TPSA) is 70.2 Å². The lowest BCUT2D eigenvalue weighted by atomic mass is 9.87. The summed E-state index contributed by atoms with van der Waals surface area (Å²) in [7, 11) is 0. The summed E-state index contributed by atoms with van der Waals surface area (Å²) in [5.41, 5.74) is 1.67. The van der Waals surface area contributed by atoms with E-state index in [0.717, 1.165) is 37.7 Å². The molecular formula is C27H35N3O4. The summed E-state index contributed by atoms with van der Waals surface area (Å²) in [5, 5.41) is 0. The first kappa shape index (κ1) is 22.1. The molecule has 0 aromatic heterocycles. The summed E-state index contributed by atoms with van der Waals surface area (Å²) in [6, 6.07) is 7.84. The quantitative estimate of drug-likeness (QED) is 0.686. The smallest absolute Gasteiger partial charge is 0.255 e. The van der Waals surface area contributed by atoms with Crippen molar-refractivity contribution in [1.82, 2.24) is 14.7 Å². The summed E-state index contributed by atoms with van der Waals surface area (Å²) in [6.45, 7) is 5.54. The molecule has 5 aliphatic rings. The lowest BCUT2D eigenvalue weighted by Crippen LogP contribution is -2.60. The van der Waals surface area contributed by atoms with E-state index >= 15 is 0 Å². The Bertz CT molecular complexity index is 989. The normalized spacial score (nSPS) is 33.0. The number of carbonyl (C=O) groups excluding carboxylic acids is 3. The van der Waals surface area contributed by atoms with E-state index in [4.69, 9.17) is 4.74 Å². The van der Waals surface area contributed by atoms with Crippen LogP contribution in [0, 0.1) is 11.8 Å². The van der Waals surface area contributed by atoms with E-state index in [1.54, 1.807) is 4.90 Å². The van der Waals surface area contributed by atoms with Gasteiger partial charge in [-0.25, -0.2) is 0 Å². The van der Waals surface area contributed by atoms with Crippen LogP contribution in [0.25, 0.3) is 0 Å². The summed E-state index contributed by atoms with van der Waals surface area (Å²) in [4.78, 5) is 46.9. The average Bonchev–Trinajstić information content (AvgIpc) is 3.62. The van der Waals surface area contributed by atoms with Crippen molar-refractivity contribution in [3.63, 3.8) is 0 Å². The average molecular weight is 466 g/mol. The molecule has 7 nitrogen and oxygen atoms in total. The van der Waals surface area contributed by atoms with E-state index in [1.165, 1.54) is 0 Å². The van der Waals surface area contributed by atoms with Crippen molar-refractivity contribution in [2.45, 2.75) is 89.2 Å². The number of amides is 3. The molecule has 2 bridgehead atoms. The second-order valence-electron chi connectivity index (χ2n) is 11.2. The van der Waals surface area contributed by atoms with Gasteiger partial charge in [0.1, 0.15) is 6.04 Å². The summed E-state index contributed by atoms with van der Waals surface area (Å²) in [6.07, 6.45) is 5.85. The Morgan fingerprint density at radius 1 is 1.03 bits per heavy atom. The molecule has 3 amide bonds. The molecule has 182 valence electrons. The predicted octanol–water partition coefficient (Wildman–Crippen LogP) is 2.83. The van der Waals surface area contributed by atoms with Crippen LogP contribution < -0.4 is 0 Å². The van der Waals surface area contributed by atoms with Crippen LogP contribution in [-0.4, -0.2) is 75.8 Å². The molecule has 7 heteroatoms. The van der Waals surface area contributed by atoms with Crippen molar-refractivity contribution in [3.8, 4) is 0 Å². The second-order valence-corrected chi connectivity index (χ2v) is 11.2. The highest BCUT2D eigenvalue weighted by atomic mass is 16.5. The van der Waals surface area contributed by atoms with Gasteiger partial charge in [0, 0.05) is 37.3 Å². The molecule has 6 rings (SSSR count). The maximum Gasteiger partial charge on any atom is 0.255 e. The van der Waals surface area contributed by atoms with Crippen LogP contribution in [0.2, 0.25) is 0 Å². The van der Waals surface area contributed by atoms with Gasteiger partial charge >= 0.3 is 0 Å². The molecule has 4 fully saturated rings. The third kappa shape index (κ3) is 3.38. The fourth-order valence-corrected chi connectivity index (χ4v) is 7.31. The highest BCUT2D eigenvalue weighted by Crippen LogP contribution is 2.41. The van der Waals surface area contributed by atoms with Crippen molar-refractivity contribution < 1.29 is 19.1 Å². The van der Waals surface area contributed by atoms with E-state index < -0.39 is 6.04 Å². The number of hydrogen-bond acceptors (Lipinski definition) is 4. The molecular weight excluding hydrogens is 430 g/mol. The standard InChI is InChI=1S/C27H35N3O4/c1-16(2)24(29-14-17-5-3-4-6-21(17)26(29)32)27(33)28-15-18(13-23-22(28)11-12-34-23)25(31)30-19-7-8-20(30)10-9-19/h3-6,16,18-20,22-24H,7-15H2,1-2H3/t18-,19?,20?,22+,23-,24-/m1/s1. The van der Waals surface area contributed by atoms with Gasteiger partial charge in [0.25, 0.3) is 5.91 Å².